The summed E-state index contributed by atoms with van der Waals surface area (Å²) in [5.74, 6) is -1.58. The van der Waals surface area contributed by atoms with Crippen LogP contribution in [0.1, 0.15) is 16.5 Å². The molecule has 0 aromatic carbocycles. The summed E-state index contributed by atoms with van der Waals surface area (Å²) in [4.78, 5) is 22.6. The number of pyridine rings is 1. The molecule has 102 valence electrons. The Kier molecular flexibility index (Phi) is 3.19. The molecule has 0 saturated heterocycles. The fraction of sp³-hybridized carbons (Fsp3) is 0.273. The van der Waals surface area contributed by atoms with Crippen molar-refractivity contribution < 1.29 is 23.1 Å². The third-order valence-electron chi connectivity index (χ3n) is 2.75. The summed E-state index contributed by atoms with van der Waals surface area (Å²) in [6, 6.07) is 0.255. The molecule has 0 spiro atoms. The number of carboxylic acids is 1. The number of aromatic carboxylic acids is 1. The number of aromatic nitrogens is 1. The first kappa shape index (κ1) is 13.3. The van der Waals surface area contributed by atoms with E-state index in [0.29, 0.717) is 0 Å². The predicted octanol–water partition coefficient (Wildman–Crippen LogP) is 0.0383. The van der Waals surface area contributed by atoms with E-state index >= 15 is 0 Å². The number of carboxylic acid groups (broad SMARTS) is 1. The third kappa shape index (κ3) is 2.53. The van der Waals surface area contributed by atoms with Gasteiger partial charge < -0.3 is 14.4 Å². The van der Waals surface area contributed by atoms with Crippen LogP contribution in [0.2, 0.25) is 0 Å². The lowest BCUT2D eigenvalue weighted by Gasteiger charge is -2.16. The number of nitrogens with zero attached hydrogens (tertiary/aromatic N) is 1. The maximum atomic E-state index is 11.5. The SMILES string of the molecule is COc1cn(C2C=CS(=O)(=O)C2)c(C(=O)O)cc1=O. The zero-order valence-corrected chi connectivity index (χ0v) is 10.8. The van der Waals surface area contributed by atoms with E-state index in [1.807, 2.05) is 0 Å². The molecule has 1 aromatic rings. The second kappa shape index (κ2) is 4.54. The van der Waals surface area contributed by atoms with Crippen LogP contribution < -0.4 is 10.2 Å². The molecule has 19 heavy (non-hydrogen) atoms. The van der Waals surface area contributed by atoms with Gasteiger partial charge in [-0.05, 0) is 6.08 Å². The number of carbonyl (C=O) groups is 1. The first-order valence-electron chi connectivity index (χ1n) is 5.28. The molecule has 2 rings (SSSR count). The van der Waals surface area contributed by atoms with E-state index in [4.69, 9.17) is 9.84 Å². The van der Waals surface area contributed by atoms with Crippen molar-refractivity contribution in [2.45, 2.75) is 6.04 Å². The Morgan fingerprint density at radius 3 is 2.68 bits per heavy atom. The Bertz CT molecular complexity index is 715. The van der Waals surface area contributed by atoms with Gasteiger partial charge in [-0.3, -0.25) is 4.79 Å². The van der Waals surface area contributed by atoms with Crippen LogP contribution in [0.5, 0.6) is 5.75 Å². The quantitative estimate of drug-likeness (QED) is 0.841. The van der Waals surface area contributed by atoms with Crippen molar-refractivity contribution in [3.63, 3.8) is 0 Å². The first-order chi connectivity index (χ1) is 8.84. The number of methoxy groups -OCH3 is 1. The van der Waals surface area contributed by atoms with Crippen molar-refractivity contribution in [1.82, 2.24) is 4.57 Å². The largest absolute Gasteiger partial charge is 0.491 e. The van der Waals surface area contributed by atoms with Gasteiger partial charge in [0.15, 0.2) is 15.6 Å². The lowest BCUT2D eigenvalue weighted by Crippen LogP contribution is -2.22. The second-order valence-corrected chi connectivity index (χ2v) is 5.96. The number of rotatable bonds is 3. The highest BCUT2D eigenvalue weighted by Gasteiger charge is 2.26. The zero-order valence-electron chi connectivity index (χ0n) is 9.94. The minimum absolute atomic E-state index is 0.0392. The molecule has 1 aromatic heterocycles. The van der Waals surface area contributed by atoms with Crippen molar-refractivity contribution in [3.8, 4) is 5.75 Å². The maximum Gasteiger partial charge on any atom is 0.352 e. The molecular weight excluding hydrogens is 274 g/mol. The fourth-order valence-electron chi connectivity index (χ4n) is 1.86. The van der Waals surface area contributed by atoms with Gasteiger partial charge in [0.25, 0.3) is 0 Å². The lowest BCUT2D eigenvalue weighted by atomic mass is 10.2. The standard InChI is InChI=1S/C11H11NO6S/c1-18-10-5-12(7-2-3-19(16,17)6-7)8(11(14)15)4-9(10)13/h2-5,7H,6H2,1H3,(H,14,15). The molecule has 0 bridgehead atoms. The predicted molar refractivity (Wildman–Crippen MR) is 66.2 cm³/mol. The molecular formula is C11H11NO6S. The highest BCUT2D eigenvalue weighted by molar-refractivity contribution is 7.94. The number of hydrogen-bond donors (Lipinski definition) is 1. The van der Waals surface area contributed by atoms with Crippen molar-refractivity contribution >= 4 is 15.8 Å². The maximum absolute atomic E-state index is 11.5. The van der Waals surface area contributed by atoms with Crippen LogP contribution in [0, 0.1) is 0 Å². The average molecular weight is 285 g/mol. The molecule has 2 heterocycles. The molecule has 0 radical (unpaired) electrons. The van der Waals surface area contributed by atoms with Crippen molar-refractivity contribution in [2.75, 3.05) is 12.9 Å². The van der Waals surface area contributed by atoms with Gasteiger partial charge in [0.1, 0.15) is 5.69 Å². The van der Waals surface area contributed by atoms with E-state index in [9.17, 15) is 18.0 Å². The van der Waals surface area contributed by atoms with E-state index < -0.39 is 27.3 Å². The molecule has 1 aliphatic rings. The molecule has 0 aliphatic carbocycles. The Balaban J connectivity index is 2.59. The average Bonchev–Trinajstić information content (AvgIpc) is 2.69. The normalized spacial score (nSPS) is 20.4. The van der Waals surface area contributed by atoms with Gasteiger partial charge in [-0.15, -0.1) is 0 Å². The van der Waals surface area contributed by atoms with E-state index in [-0.39, 0.29) is 17.2 Å². The fourth-order valence-corrected chi connectivity index (χ4v) is 3.14. The monoisotopic (exact) mass is 285 g/mol. The van der Waals surface area contributed by atoms with Crippen LogP contribution in [-0.4, -0.2) is 36.9 Å². The highest BCUT2D eigenvalue weighted by atomic mass is 32.2. The van der Waals surface area contributed by atoms with E-state index in [0.717, 1.165) is 11.5 Å². The molecule has 8 heteroatoms. The van der Waals surface area contributed by atoms with Gasteiger partial charge >= 0.3 is 5.97 Å². The van der Waals surface area contributed by atoms with E-state index in [1.54, 1.807) is 0 Å². The lowest BCUT2D eigenvalue weighted by molar-refractivity contribution is 0.0682. The van der Waals surface area contributed by atoms with Gasteiger partial charge in [-0.1, -0.05) is 0 Å². The number of allylic oxidation sites excluding steroid dienone is 1. The minimum Gasteiger partial charge on any atom is -0.491 e. The van der Waals surface area contributed by atoms with E-state index in [2.05, 4.69) is 0 Å². The number of sulfone groups is 1. The smallest absolute Gasteiger partial charge is 0.352 e. The second-order valence-electron chi connectivity index (χ2n) is 4.03. The van der Waals surface area contributed by atoms with Crippen LogP contribution in [0.15, 0.2) is 28.5 Å². The summed E-state index contributed by atoms with van der Waals surface area (Å²) in [6.45, 7) is 0. The summed E-state index contributed by atoms with van der Waals surface area (Å²) in [5, 5.41) is 10.1. The summed E-state index contributed by atoms with van der Waals surface area (Å²) in [7, 11) is -2.05. The summed E-state index contributed by atoms with van der Waals surface area (Å²) in [5.41, 5.74) is -0.849. The van der Waals surface area contributed by atoms with Gasteiger partial charge in [-0.25, -0.2) is 13.2 Å². The van der Waals surface area contributed by atoms with Crippen LogP contribution in [0.4, 0.5) is 0 Å². The molecule has 1 aliphatic heterocycles. The van der Waals surface area contributed by atoms with Gasteiger partial charge in [-0.2, -0.15) is 0 Å². The minimum atomic E-state index is -3.33. The molecule has 1 unspecified atom stereocenters. The summed E-state index contributed by atoms with van der Waals surface area (Å²) >= 11 is 0. The first-order valence-corrected chi connectivity index (χ1v) is 7.00. The van der Waals surface area contributed by atoms with Crippen LogP contribution in [0.25, 0.3) is 0 Å². The summed E-state index contributed by atoms with van der Waals surface area (Å²) < 4.78 is 28.8. The van der Waals surface area contributed by atoms with Crippen molar-refractivity contribution in [1.29, 1.82) is 0 Å². The number of ether oxygens (including phenoxy) is 1. The van der Waals surface area contributed by atoms with Crippen LogP contribution in [0.3, 0.4) is 0 Å². The molecule has 0 fully saturated rings. The Labute approximate surface area is 108 Å². The molecule has 0 amide bonds. The molecule has 1 atom stereocenters. The zero-order chi connectivity index (χ0) is 14.2. The van der Waals surface area contributed by atoms with Crippen LogP contribution >= 0.6 is 0 Å². The van der Waals surface area contributed by atoms with Gasteiger partial charge in [0.05, 0.1) is 25.1 Å². The molecule has 0 saturated carbocycles. The summed E-state index contributed by atoms with van der Waals surface area (Å²) in [6.07, 6.45) is 2.59. The van der Waals surface area contributed by atoms with Crippen molar-refractivity contribution in [2.24, 2.45) is 0 Å². The van der Waals surface area contributed by atoms with E-state index in [1.165, 1.54) is 23.9 Å². The Hall–Kier alpha value is -2.09. The van der Waals surface area contributed by atoms with Gasteiger partial charge in [0, 0.05) is 11.5 Å². The van der Waals surface area contributed by atoms with Gasteiger partial charge in [0.2, 0.25) is 5.43 Å². The van der Waals surface area contributed by atoms with Crippen LogP contribution in [-0.2, 0) is 9.84 Å². The Morgan fingerprint density at radius 2 is 2.21 bits per heavy atom. The molecule has 1 N–H and O–H groups in total. The molecule has 7 nitrogen and oxygen atoms in total. The van der Waals surface area contributed by atoms with Crippen molar-refractivity contribution in [3.05, 3.63) is 39.7 Å². The topological polar surface area (TPSA) is 103 Å². The highest BCUT2D eigenvalue weighted by Crippen LogP contribution is 2.23. The number of hydrogen-bond acceptors (Lipinski definition) is 5. The Morgan fingerprint density at radius 1 is 1.53 bits per heavy atom. The third-order valence-corrected chi connectivity index (χ3v) is 4.13.